The van der Waals surface area contributed by atoms with Gasteiger partial charge in [0.05, 0.1) is 19.8 Å². The molecule has 0 saturated carbocycles. The molecule has 11 heteroatoms. The number of hydrogen-bond donors (Lipinski definition) is 3. The molecular weight excluding hydrogens is 743 g/mol. The number of aliphatic hydroxyl groups is 2. The lowest BCUT2D eigenvalue weighted by Crippen LogP contribution is -2.29. The lowest BCUT2D eigenvalue weighted by atomic mass is 10.1. The van der Waals surface area contributed by atoms with Crippen molar-refractivity contribution in [1.29, 1.82) is 0 Å². The number of aliphatic hydroxyl groups excluding tert-OH is 2. The van der Waals surface area contributed by atoms with Gasteiger partial charge in [-0.05, 0) is 64.2 Å². The summed E-state index contributed by atoms with van der Waals surface area (Å²) in [5.41, 5.74) is 0. The molecule has 0 saturated heterocycles. The summed E-state index contributed by atoms with van der Waals surface area (Å²) in [7, 11) is -4.65. The van der Waals surface area contributed by atoms with E-state index in [4.69, 9.17) is 19.1 Å². The molecule has 0 fully saturated rings. The van der Waals surface area contributed by atoms with Crippen LogP contribution in [0.1, 0.15) is 168 Å². The van der Waals surface area contributed by atoms with Crippen LogP contribution in [-0.2, 0) is 32.7 Å². The zero-order valence-corrected chi connectivity index (χ0v) is 36.4. The van der Waals surface area contributed by atoms with Crippen LogP contribution in [0.15, 0.2) is 72.9 Å². The molecule has 0 amide bonds. The van der Waals surface area contributed by atoms with Crippen molar-refractivity contribution in [2.75, 3.05) is 26.4 Å². The smallest absolute Gasteiger partial charge is 0.462 e. The fourth-order valence-corrected chi connectivity index (χ4v) is 6.32. The van der Waals surface area contributed by atoms with Gasteiger partial charge in [0.2, 0.25) is 0 Å². The molecule has 328 valence electrons. The highest BCUT2D eigenvalue weighted by molar-refractivity contribution is 7.47. The van der Waals surface area contributed by atoms with E-state index in [-0.39, 0.29) is 13.0 Å². The van der Waals surface area contributed by atoms with Crippen LogP contribution in [-0.4, -0.2) is 65.7 Å². The monoisotopic (exact) mass is 823 g/mol. The predicted molar refractivity (Wildman–Crippen MR) is 233 cm³/mol. The van der Waals surface area contributed by atoms with Crippen molar-refractivity contribution in [2.24, 2.45) is 0 Å². The first-order valence-electron chi connectivity index (χ1n) is 21.9. The van der Waals surface area contributed by atoms with E-state index >= 15 is 0 Å². The molecule has 3 atom stereocenters. The van der Waals surface area contributed by atoms with Crippen molar-refractivity contribution >= 4 is 19.8 Å². The molecule has 0 aromatic carbocycles. The van der Waals surface area contributed by atoms with E-state index in [1.54, 1.807) is 12.2 Å². The molecule has 3 N–H and O–H groups in total. The van der Waals surface area contributed by atoms with Crippen LogP contribution in [0.2, 0.25) is 0 Å². The van der Waals surface area contributed by atoms with Crippen molar-refractivity contribution in [3.8, 4) is 0 Å². The fraction of sp³-hybridized carbons (Fsp3) is 0.696. The molecule has 0 aliphatic carbocycles. The van der Waals surface area contributed by atoms with Crippen LogP contribution >= 0.6 is 7.82 Å². The van der Waals surface area contributed by atoms with Crippen LogP contribution in [0.3, 0.4) is 0 Å². The van der Waals surface area contributed by atoms with Gasteiger partial charge < -0.3 is 24.6 Å². The van der Waals surface area contributed by atoms with Crippen LogP contribution in [0.25, 0.3) is 0 Å². The summed E-state index contributed by atoms with van der Waals surface area (Å²) in [4.78, 5) is 34.8. The largest absolute Gasteiger partial charge is 0.472 e. The molecular formula is C46H79O10P. The lowest BCUT2D eigenvalue weighted by Gasteiger charge is -2.19. The molecule has 0 heterocycles. The highest BCUT2D eigenvalue weighted by Gasteiger charge is 2.26. The summed E-state index contributed by atoms with van der Waals surface area (Å²) < 4.78 is 32.5. The number of ether oxygens (including phenoxy) is 2. The van der Waals surface area contributed by atoms with Gasteiger partial charge in [0.1, 0.15) is 12.7 Å². The Balaban J connectivity index is 4.46. The van der Waals surface area contributed by atoms with Crippen molar-refractivity contribution in [3.05, 3.63) is 72.9 Å². The second-order valence-corrected chi connectivity index (χ2v) is 15.9. The van der Waals surface area contributed by atoms with E-state index in [1.165, 1.54) is 96.0 Å². The zero-order chi connectivity index (χ0) is 41.9. The summed E-state index contributed by atoms with van der Waals surface area (Å²) in [6, 6.07) is 0. The Morgan fingerprint density at radius 3 is 1.60 bits per heavy atom. The molecule has 0 aromatic rings. The molecule has 0 spiro atoms. The topological polar surface area (TPSA) is 149 Å². The van der Waals surface area contributed by atoms with Crippen LogP contribution in [0.5, 0.6) is 0 Å². The number of rotatable bonds is 40. The second-order valence-electron chi connectivity index (χ2n) is 14.4. The van der Waals surface area contributed by atoms with Crippen LogP contribution in [0.4, 0.5) is 0 Å². The van der Waals surface area contributed by atoms with Gasteiger partial charge in [0.25, 0.3) is 0 Å². The first kappa shape index (κ1) is 54.4. The maximum absolute atomic E-state index is 12.5. The Morgan fingerprint density at radius 2 is 1.04 bits per heavy atom. The molecule has 0 aliphatic heterocycles. The molecule has 10 nitrogen and oxygen atoms in total. The maximum Gasteiger partial charge on any atom is 0.472 e. The average molecular weight is 823 g/mol. The van der Waals surface area contributed by atoms with Crippen molar-refractivity contribution in [2.45, 2.75) is 180 Å². The normalized spacial score (nSPS) is 14.5. The summed E-state index contributed by atoms with van der Waals surface area (Å²) in [6.07, 6.45) is 47.9. The Labute approximate surface area is 346 Å². The van der Waals surface area contributed by atoms with E-state index < -0.39 is 51.8 Å². The Morgan fingerprint density at radius 1 is 0.579 bits per heavy atom. The standard InChI is InChI=1S/C46H79O10P/c1-3-5-7-9-11-13-15-17-19-20-21-22-24-25-27-29-31-33-35-37-45(49)53-41-44(42-55-57(51,52)54-40-43(48)39-47)56-46(50)38-36-34-32-30-28-26-23-18-16-14-12-10-8-6-4-2/h11,13,17,19,21-22,25,27,32,34,36,38,43-44,47-48H,3-10,12,14-16,18,20,23-24,26,28-31,33,35,37,39-42H2,1-2H3,(H,51,52)/b13-11+,19-17+,22-21+,27-25+,34-32+,38-36+/t43-,44+/m0/s1. The Bertz CT molecular complexity index is 1180. The minimum Gasteiger partial charge on any atom is -0.462 e. The van der Waals surface area contributed by atoms with Crippen LogP contribution in [0, 0.1) is 0 Å². The number of hydrogen-bond acceptors (Lipinski definition) is 9. The number of esters is 2. The summed E-state index contributed by atoms with van der Waals surface area (Å²) in [6.45, 7) is 2.18. The molecule has 0 rings (SSSR count). The molecule has 0 radical (unpaired) electrons. The van der Waals surface area contributed by atoms with Gasteiger partial charge in [-0.25, -0.2) is 9.36 Å². The maximum atomic E-state index is 12.5. The van der Waals surface area contributed by atoms with Gasteiger partial charge in [-0.15, -0.1) is 0 Å². The second kappa shape index (κ2) is 41.6. The van der Waals surface area contributed by atoms with Gasteiger partial charge in [0, 0.05) is 12.5 Å². The quantitative estimate of drug-likeness (QED) is 0.0136. The highest BCUT2D eigenvalue weighted by atomic mass is 31.2. The molecule has 1 unspecified atom stereocenters. The predicted octanol–water partition coefficient (Wildman–Crippen LogP) is 11.7. The number of phosphoric ester groups is 1. The molecule has 0 bridgehead atoms. The molecule has 0 aromatic heterocycles. The van der Waals surface area contributed by atoms with Crippen molar-refractivity contribution in [1.82, 2.24) is 0 Å². The van der Waals surface area contributed by atoms with E-state index in [0.29, 0.717) is 6.42 Å². The first-order valence-corrected chi connectivity index (χ1v) is 23.4. The van der Waals surface area contributed by atoms with Crippen molar-refractivity contribution in [3.63, 3.8) is 0 Å². The summed E-state index contributed by atoms with van der Waals surface area (Å²) in [5.74, 6) is -1.22. The van der Waals surface area contributed by atoms with Crippen LogP contribution < -0.4 is 0 Å². The highest BCUT2D eigenvalue weighted by Crippen LogP contribution is 2.43. The van der Waals surface area contributed by atoms with E-state index in [1.807, 2.05) is 6.08 Å². The zero-order valence-electron chi connectivity index (χ0n) is 35.5. The third-order valence-electron chi connectivity index (χ3n) is 8.94. The van der Waals surface area contributed by atoms with Gasteiger partial charge in [-0.1, -0.05) is 164 Å². The average Bonchev–Trinajstić information content (AvgIpc) is 3.20. The number of carbonyl (C=O) groups excluding carboxylic acids is 2. The minimum absolute atomic E-state index is 0.181. The third-order valence-corrected chi connectivity index (χ3v) is 9.89. The van der Waals surface area contributed by atoms with Gasteiger partial charge in [-0.3, -0.25) is 13.8 Å². The van der Waals surface area contributed by atoms with Gasteiger partial charge in [-0.2, -0.15) is 0 Å². The van der Waals surface area contributed by atoms with E-state index in [0.717, 1.165) is 51.4 Å². The molecule has 57 heavy (non-hydrogen) atoms. The molecule has 0 aliphatic rings. The Kier molecular flexibility index (Phi) is 39.7. The SMILES string of the molecule is CCCCC/C=C/C/C=C/C/C=C/C/C=C/CCCCCC(=O)OC[C@H](COP(=O)(O)OC[C@@H](O)CO)OC(=O)/C=C/C=C/CCCCCCCCCCCCC. The van der Waals surface area contributed by atoms with Gasteiger partial charge in [0.15, 0.2) is 6.10 Å². The number of phosphoric acid groups is 1. The number of unbranched alkanes of at least 4 members (excludes halogenated alkanes) is 17. The first-order chi connectivity index (χ1) is 27.7. The number of carbonyl (C=O) groups is 2. The summed E-state index contributed by atoms with van der Waals surface area (Å²) in [5, 5.41) is 18.3. The van der Waals surface area contributed by atoms with E-state index in [2.05, 4.69) is 67.0 Å². The number of allylic oxidation sites excluding steroid dienone is 11. The minimum atomic E-state index is -4.65. The Hall–Kier alpha value is -2.59. The van der Waals surface area contributed by atoms with Crippen molar-refractivity contribution < 1.29 is 47.8 Å². The lowest BCUT2D eigenvalue weighted by molar-refractivity contribution is -0.157. The third kappa shape index (κ3) is 41.4. The van der Waals surface area contributed by atoms with Gasteiger partial charge >= 0.3 is 19.8 Å². The van der Waals surface area contributed by atoms with E-state index in [9.17, 15) is 24.2 Å². The fourth-order valence-electron chi connectivity index (χ4n) is 5.53. The summed E-state index contributed by atoms with van der Waals surface area (Å²) >= 11 is 0.